The zero-order valence-corrected chi connectivity index (χ0v) is 21.0. The number of aryl methyl sites for hydroxylation is 1. The molecule has 0 aliphatic carbocycles. The van der Waals surface area contributed by atoms with Gasteiger partial charge in [0.2, 0.25) is 5.95 Å². The minimum absolute atomic E-state index is 0.0687. The Morgan fingerprint density at radius 1 is 1.12 bits per heavy atom. The van der Waals surface area contributed by atoms with Crippen molar-refractivity contribution < 1.29 is 4.74 Å². The van der Waals surface area contributed by atoms with Crippen LogP contribution in [-0.4, -0.2) is 53.0 Å². The van der Waals surface area contributed by atoms with Crippen LogP contribution in [0.25, 0.3) is 11.0 Å². The number of aromatic amines is 1. The zero-order chi connectivity index (χ0) is 23.6. The van der Waals surface area contributed by atoms with Gasteiger partial charge in [0.05, 0.1) is 24.6 Å². The number of hydrogen-bond acceptors (Lipinski definition) is 6. The molecule has 7 heteroatoms. The van der Waals surface area contributed by atoms with Crippen LogP contribution in [0.1, 0.15) is 58.5 Å². The van der Waals surface area contributed by atoms with E-state index in [1.54, 1.807) is 0 Å². The van der Waals surface area contributed by atoms with Crippen molar-refractivity contribution in [3.05, 3.63) is 41.2 Å². The number of anilines is 2. The van der Waals surface area contributed by atoms with Crippen LogP contribution in [0.4, 0.5) is 11.6 Å². The van der Waals surface area contributed by atoms with Crippen molar-refractivity contribution in [2.75, 3.05) is 42.6 Å². The predicted molar refractivity (Wildman–Crippen MR) is 135 cm³/mol. The maximum absolute atomic E-state index is 5.53. The fourth-order valence-electron chi connectivity index (χ4n) is 4.41. The molecule has 33 heavy (non-hydrogen) atoms. The van der Waals surface area contributed by atoms with Crippen LogP contribution in [0.15, 0.2) is 24.3 Å². The molecule has 0 spiro atoms. The first-order valence-electron chi connectivity index (χ1n) is 12.2. The van der Waals surface area contributed by atoms with E-state index in [-0.39, 0.29) is 5.41 Å². The van der Waals surface area contributed by atoms with Crippen LogP contribution in [0.3, 0.4) is 0 Å². The number of fused-ring (bicyclic) bond motifs is 1. The van der Waals surface area contributed by atoms with Gasteiger partial charge in [0.15, 0.2) is 0 Å². The number of rotatable bonds is 7. The lowest BCUT2D eigenvalue weighted by Crippen LogP contribution is -2.36. The molecule has 0 radical (unpaired) electrons. The molecule has 0 atom stereocenters. The Morgan fingerprint density at radius 3 is 2.55 bits per heavy atom. The van der Waals surface area contributed by atoms with Crippen LogP contribution in [-0.2, 0) is 23.1 Å². The van der Waals surface area contributed by atoms with Crippen LogP contribution in [0, 0.1) is 5.92 Å². The van der Waals surface area contributed by atoms with E-state index < -0.39 is 0 Å². The Kier molecular flexibility index (Phi) is 6.88. The summed E-state index contributed by atoms with van der Waals surface area (Å²) in [5.74, 6) is 1.28. The maximum atomic E-state index is 5.53. The van der Waals surface area contributed by atoms with Crippen LogP contribution < -0.4 is 9.80 Å². The Balaban J connectivity index is 1.70. The van der Waals surface area contributed by atoms with Crippen molar-refractivity contribution >= 4 is 22.7 Å². The first-order chi connectivity index (χ1) is 15.8. The van der Waals surface area contributed by atoms with Crippen LogP contribution >= 0.6 is 0 Å². The van der Waals surface area contributed by atoms with Gasteiger partial charge < -0.3 is 14.5 Å². The molecule has 0 amide bonds. The van der Waals surface area contributed by atoms with Gasteiger partial charge in [0, 0.05) is 37.3 Å². The fourth-order valence-corrected chi connectivity index (χ4v) is 4.41. The molecule has 1 aromatic carbocycles. The number of nitrogens with one attached hydrogen (secondary N) is 1. The minimum atomic E-state index is -0.0687. The Morgan fingerprint density at radius 2 is 1.88 bits per heavy atom. The third kappa shape index (κ3) is 5.29. The van der Waals surface area contributed by atoms with Crippen molar-refractivity contribution in [1.82, 2.24) is 20.2 Å². The molecule has 1 saturated heterocycles. The highest BCUT2D eigenvalue weighted by Crippen LogP contribution is 2.30. The molecule has 1 aliphatic rings. The van der Waals surface area contributed by atoms with Gasteiger partial charge in [-0.1, -0.05) is 53.7 Å². The lowest BCUT2D eigenvalue weighted by atomic mass is 9.91. The summed E-state index contributed by atoms with van der Waals surface area (Å²) in [6.07, 6.45) is 0.822. The summed E-state index contributed by atoms with van der Waals surface area (Å²) in [6, 6.07) is 8.86. The lowest BCUT2D eigenvalue weighted by Gasteiger charge is -2.30. The van der Waals surface area contributed by atoms with E-state index in [2.05, 4.69) is 85.8 Å². The van der Waals surface area contributed by atoms with Gasteiger partial charge in [0.25, 0.3) is 0 Å². The summed E-state index contributed by atoms with van der Waals surface area (Å²) in [6.45, 7) is 18.3. The van der Waals surface area contributed by atoms with Gasteiger partial charge in [-0.15, -0.1) is 0 Å². The third-order valence-corrected chi connectivity index (χ3v) is 6.07. The molecule has 178 valence electrons. The number of hydrogen-bond donors (Lipinski definition) is 1. The van der Waals surface area contributed by atoms with E-state index in [0.717, 1.165) is 74.2 Å². The largest absolute Gasteiger partial charge is 0.378 e. The van der Waals surface area contributed by atoms with E-state index >= 15 is 0 Å². The van der Waals surface area contributed by atoms with Crippen molar-refractivity contribution in [2.45, 2.75) is 59.9 Å². The molecule has 0 unspecified atom stereocenters. The summed E-state index contributed by atoms with van der Waals surface area (Å²) in [7, 11) is 0. The SMILES string of the molecule is CCc1nc(N(Cc2cccc(N3CCOCC3)c2)CC(C)C)nc2c(C(C)(C)C)[nH]nc12. The number of ether oxygens (including phenoxy) is 1. The minimum Gasteiger partial charge on any atom is -0.378 e. The van der Waals surface area contributed by atoms with Crippen molar-refractivity contribution in [3.63, 3.8) is 0 Å². The zero-order valence-electron chi connectivity index (χ0n) is 21.0. The van der Waals surface area contributed by atoms with Crippen molar-refractivity contribution in [2.24, 2.45) is 5.92 Å². The van der Waals surface area contributed by atoms with Gasteiger partial charge in [-0.05, 0) is 30.0 Å². The van der Waals surface area contributed by atoms with E-state index in [0.29, 0.717) is 5.92 Å². The topological polar surface area (TPSA) is 70.2 Å². The van der Waals surface area contributed by atoms with E-state index in [1.165, 1.54) is 11.3 Å². The normalized spacial score (nSPS) is 14.9. The molecule has 0 saturated carbocycles. The Hall–Kier alpha value is -2.67. The summed E-state index contributed by atoms with van der Waals surface area (Å²) >= 11 is 0. The summed E-state index contributed by atoms with van der Waals surface area (Å²) < 4.78 is 5.53. The first kappa shape index (κ1) is 23.5. The molecular formula is C26H38N6O. The summed E-state index contributed by atoms with van der Waals surface area (Å²) in [5, 5.41) is 7.82. The van der Waals surface area contributed by atoms with Gasteiger partial charge in [0.1, 0.15) is 11.0 Å². The van der Waals surface area contributed by atoms with Gasteiger partial charge >= 0.3 is 0 Å². The molecule has 1 fully saturated rings. The highest BCUT2D eigenvalue weighted by atomic mass is 16.5. The number of H-pyrrole nitrogens is 1. The number of benzene rings is 1. The highest BCUT2D eigenvalue weighted by molar-refractivity contribution is 5.81. The molecule has 1 aliphatic heterocycles. The first-order valence-corrected chi connectivity index (χ1v) is 12.2. The highest BCUT2D eigenvalue weighted by Gasteiger charge is 2.25. The van der Waals surface area contributed by atoms with E-state index in [4.69, 9.17) is 14.7 Å². The number of nitrogens with zero attached hydrogens (tertiary/aromatic N) is 5. The average molecular weight is 451 g/mol. The predicted octanol–water partition coefficient (Wildman–Crippen LogP) is 4.71. The van der Waals surface area contributed by atoms with Crippen LogP contribution in [0.5, 0.6) is 0 Å². The van der Waals surface area contributed by atoms with Gasteiger partial charge in [-0.25, -0.2) is 9.97 Å². The maximum Gasteiger partial charge on any atom is 0.226 e. The monoisotopic (exact) mass is 450 g/mol. The second kappa shape index (κ2) is 9.67. The van der Waals surface area contributed by atoms with Crippen molar-refractivity contribution in [1.29, 1.82) is 0 Å². The molecule has 3 heterocycles. The molecule has 7 nitrogen and oxygen atoms in total. The van der Waals surface area contributed by atoms with Crippen molar-refractivity contribution in [3.8, 4) is 0 Å². The molecular weight excluding hydrogens is 412 g/mol. The fraction of sp³-hybridized carbons (Fsp3) is 0.577. The van der Waals surface area contributed by atoms with E-state index in [1.807, 2.05) is 0 Å². The Labute approximate surface area is 197 Å². The van der Waals surface area contributed by atoms with Gasteiger partial charge in [-0.3, -0.25) is 5.10 Å². The molecule has 3 aromatic rings. The van der Waals surface area contributed by atoms with Crippen LogP contribution in [0.2, 0.25) is 0 Å². The molecule has 4 rings (SSSR count). The second-order valence-corrected chi connectivity index (χ2v) is 10.4. The number of aromatic nitrogens is 4. The quantitative estimate of drug-likeness (QED) is 0.562. The molecule has 1 N–H and O–H groups in total. The Bertz CT molecular complexity index is 1080. The summed E-state index contributed by atoms with van der Waals surface area (Å²) in [4.78, 5) is 14.8. The third-order valence-electron chi connectivity index (χ3n) is 6.07. The second-order valence-electron chi connectivity index (χ2n) is 10.4. The average Bonchev–Trinajstić information content (AvgIpc) is 3.23. The smallest absolute Gasteiger partial charge is 0.226 e. The standard InChI is InChI=1S/C26H38N6O/c1-7-21-22-23(24(30-29-22)26(4,5)6)28-25(27-21)32(16-18(2)3)17-19-9-8-10-20(15-19)31-11-13-33-14-12-31/h8-10,15,18H,7,11-14,16-17H2,1-6H3,(H,29,30). The molecule has 0 bridgehead atoms. The van der Waals surface area contributed by atoms with Gasteiger partial charge in [-0.2, -0.15) is 5.10 Å². The van der Waals surface area contributed by atoms with E-state index in [9.17, 15) is 0 Å². The summed E-state index contributed by atoms with van der Waals surface area (Å²) in [5.41, 5.74) is 6.36. The number of morpholine rings is 1. The lowest BCUT2D eigenvalue weighted by molar-refractivity contribution is 0.122. The molecule has 2 aromatic heterocycles.